The molecule has 1 saturated heterocycles. The molecule has 0 aromatic carbocycles. The maximum absolute atomic E-state index is 3.35. The molecular formula is C11H22N2. The summed E-state index contributed by atoms with van der Waals surface area (Å²) < 4.78 is 0. The lowest BCUT2D eigenvalue weighted by molar-refractivity contribution is 0.151. The average molecular weight is 182 g/mol. The Bertz CT molecular complexity index is 148. The van der Waals surface area contributed by atoms with Crippen molar-refractivity contribution in [2.24, 2.45) is 5.92 Å². The van der Waals surface area contributed by atoms with Gasteiger partial charge in [0.15, 0.2) is 0 Å². The normalized spacial score (nSPS) is 25.4. The van der Waals surface area contributed by atoms with Crippen LogP contribution in [0.3, 0.4) is 0 Å². The van der Waals surface area contributed by atoms with E-state index in [0.717, 1.165) is 12.0 Å². The van der Waals surface area contributed by atoms with Gasteiger partial charge in [0.25, 0.3) is 0 Å². The topological polar surface area (TPSA) is 15.3 Å². The van der Waals surface area contributed by atoms with E-state index in [2.05, 4.69) is 17.1 Å². The third-order valence-electron chi connectivity index (χ3n) is 3.61. The minimum Gasteiger partial charge on any atom is -0.316 e. The summed E-state index contributed by atoms with van der Waals surface area (Å²) >= 11 is 0. The number of rotatable bonds is 4. The van der Waals surface area contributed by atoms with Crippen LogP contribution in [-0.2, 0) is 0 Å². The molecule has 1 heterocycles. The van der Waals surface area contributed by atoms with Crippen LogP contribution >= 0.6 is 0 Å². The fraction of sp³-hybridized carbons (Fsp3) is 1.00. The Hall–Kier alpha value is -0.0800. The van der Waals surface area contributed by atoms with E-state index in [-0.39, 0.29) is 0 Å². The Labute approximate surface area is 81.7 Å². The van der Waals surface area contributed by atoms with Gasteiger partial charge in [0.05, 0.1) is 0 Å². The molecule has 1 aliphatic heterocycles. The smallest absolute Gasteiger partial charge is 0.00952 e. The van der Waals surface area contributed by atoms with Crippen molar-refractivity contribution in [2.75, 3.05) is 26.2 Å². The lowest BCUT2D eigenvalue weighted by Crippen LogP contribution is -2.50. The largest absolute Gasteiger partial charge is 0.316 e. The average Bonchev–Trinajstić information content (AvgIpc) is 2.55. The maximum Gasteiger partial charge on any atom is 0.00952 e. The van der Waals surface area contributed by atoms with Crippen molar-refractivity contribution >= 4 is 0 Å². The van der Waals surface area contributed by atoms with Gasteiger partial charge in [0, 0.05) is 25.7 Å². The van der Waals surface area contributed by atoms with Crippen molar-refractivity contribution in [3.63, 3.8) is 0 Å². The molecule has 2 rings (SSSR count). The van der Waals surface area contributed by atoms with Gasteiger partial charge in [-0.1, -0.05) is 19.8 Å². The molecule has 2 heteroatoms. The molecular weight excluding hydrogens is 160 g/mol. The first-order valence-electron chi connectivity index (χ1n) is 5.85. The van der Waals surface area contributed by atoms with Crippen molar-refractivity contribution in [1.29, 1.82) is 0 Å². The van der Waals surface area contributed by atoms with Gasteiger partial charge in [-0.25, -0.2) is 0 Å². The molecule has 0 spiro atoms. The quantitative estimate of drug-likeness (QED) is 0.708. The van der Waals surface area contributed by atoms with Crippen LogP contribution in [0.5, 0.6) is 0 Å². The monoisotopic (exact) mass is 182 g/mol. The molecule has 1 N–H and O–H groups in total. The Kier molecular flexibility index (Phi) is 3.23. The highest BCUT2D eigenvalue weighted by atomic mass is 15.2. The van der Waals surface area contributed by atoms with Crippen LogP contribution in [0.4, 0.5) is 0 Å². The summed E-state index contributed by atoms with van der Waals surface area (Å²) in [5.41, 5.74) is 0. The summed E-state index contributed by atoms with van der Waals surface area (Å²) in [5, 5.41) is 3.35. The van der Waals surface area contributed by atoms with Crippen LogP contribution in [0.1, 0.15) is 32.6 Å². The third-order valence-corrected chi connectivity index (χ3v) is 3.61. The molecule has 1 aliphatic carbocycles. The van der Waals surface area contributed by atoms with Gasteiger partial charge in [-0.15, -0.1) is 0 Å². The van der Waals surface area contributed by atoms with Gasteiger partial charge in [0.2, 0.25) is 0 Å². The Morgan fingerprint density at radius 3 is 2.38 bits per heavy atom. The minimum absolute atomic E-state index is 0.922. The molecule has 0 aromatic heterocycles. The molecule has 0 bridgehead atoms. The van der Waals surface area contributed by atoms with Gasteiger partial charge < -0.3 is 10.2 Å². The molecule has 0 aromatic rings. The van der Waals surface area contributed by atoms with Crippen molar-refractivity contribution < 1.29 is 0 Å². The van der Waals surface area contributed by atoms with Gasteiger partial charge in [-0.05, 0) is 25.3 Å². The van der Waals surface area contributed by atoms with Crippen molar-refractivity contribution in [2.45, 2.75) is 38.6 Å². The maximum atomic E-state index is 3.35. The van der Waals surface area contributed by atoms with Crippen LogP contribution in [0.2, 0.25) is 0 Å². The Morgan fingerprint density at radius 1 is 1.23 bits per heavy atom. The Balaban J connectivity index is 1.77. The zero-order valence-electron chi connectivity index (χ0n) is 8.76. The first kappa shape index (κ1) is 9.47. The molecule has 2 nitrogen and oxygen atoms in total. The van der Waals surface area contributed by atoms with Crippen LogP contribution in [-0.4, -0.2) is 37.1 Å². The van der Waals surface area contributed by atoms with E-state index in [0.29, 0.717) is 0 Å². The van der Waals surface area contributed by atoms with Gasteiger partial charge >= 0.3 is 0 Å². The number of nitrogens with zero attached hydrogens (tertiary/aromatic N) is 1. The second kappa shape index (κ2) is 4.43. The van der Waals surface area contributed by atoms with Gasteiger partial charge in [-0.3, -0.25) is 0 Å². The minimum atomic E-state index is 0.922. The van der Waals surface area contributed by atoms with Gasteiger partial charge in [-0.2, -0.15) is 0 Å². The van der Waals surface area contributed by atoms with E-state index in [1.165, 1.54) is 51.9 Å². The van der Waals surface area contributed by atoms with Crippen molar-refractivity contribution in [1.82, 2.24) is 10.2 Å². The van der Waals surface area contributed by atoms with E-state index < -0.39 is 0 Å². The van der Waals surface area contributed by atoms with Crippen LogP contribution < -0.4 is 5.32 Å². The molecule has 1 saturated carbocycles. The molecule has 76 valence electrons. The first-order valence-corrected chi connectivity index (χ1v) is 5.85. The summed E-state index contributed by atoms with van der Waals surface area (Å²) in [5.74, 6) is 0.945. The highest BCUT2D eigenvalue weighted by molar-refractivity contribution is 4.83. The molecule has 0 radical (unpaired) electrons. The molecule has 13 heavy (non-hydrogen) atoms. The molecule has 0 unspecified atom stereocenters. The highest BCUT2D eigenvalue weighted by Crippen LogP contribution is 2.24. The van der Waals surface area contributed by atoms with E-state index >= 15 is 0 Å². The lowest BCUT2D eigenvalue weighted by Gasteiger charge is -2.35. The standard InChI is InChI=1S/C11H22N2/c1-2-13(9-10-7-12-8-10)11-5-3-4-6-11/h10-12H,2-9H2,1H3. The number of hydrogen-bond donors (Lipinski definition) is 1. The van der Waals surface area contributed by atoms with Crippen LogP contribution in [0.15, 0.2) is 0 Å². The van der Waals surface area contributed by atoms with Gasteiger partial charge in [0.1, 0.15) is 0 Å². The number of nitrogens with one attached hydrogen (secondary N) is 1. The summed E-state index contributed by atoms with van der Waals surface area (Å²) in [7, 11) is 0. The lowest BCUT2D eigenvalue weighted by atomic mass is 10.0. The Morgan fingerprint density at radius 2 is 1.92 bits per heavy atom. The van der Waals surface area contributed by atoms with E-state index in [4.69, 9.17) is 0 Å². The number of hydrogen-bond acceptors (Lipinski definition) is 2. The van der Waals surface area contributed by atoms with E-state index in [1.807, 2.05) is 0 Å². The highest BCUT2D eigenvalue weighted by Gasteiger charge is 2.25. The van der Waals surface area contributed by atoms with Crippen molar-refractivity contribution in [3.8, 4) is 0 Å². The van der Waals surface area contributed by atoms with E-state index in [9.17, 15) is 0 Å². The summed E-state index contributed by atoms with van der Waals surface area (Å²) in [6.45, 7) is 7.41. The SMILES string of the molecule is CCN(CC1CNC1)C1CCCC1. The molecule has 2 fully saturated rings. The fourth-order valence-corrected chi connectivity index (χ4v) is 2.61. The summed E-state index contributed by atoms with van der Waals surface area (Å²) in [6.07, 6.45) is 5.83. The zero-order chi connectivity index (χ0) is 9.10. The molecule has 0 amide bonds. The van der Waals surface area contributed by atoms with E-state index in [1.54, 1.807) is 0 Å². The first-order chi connectivity index (χ1) is 6.40. The second-order valence-corrected chi connectivity index (χ2v) is 4.55. The summed E-state index contributed by atoms with van der Waals surface area (Å²) in [4.78, 5) is 2.71. The molecule has 0 atom stereocenters. The third kappa shape index (κ3) is 2.23. The second-order valence-electron chi connectivity index (χ2n) is 4.55. The summed E-state index contributed by atoms with van der Waals surface area (Å²) in [6, 6.07) is 0.922. The molecule has 2 aliphatic rings. The van der Waals surface area contributed by atoms with Crippen molar-refractivity contribution in [3.05, 3.63) is 0 Å². The zero-order valence-corrected chi connectivity index (χ0v) is 8.76. The predicted octanol–water partition coefficient (Wildman–Crippen LogP) is 1.47. The fourth-order valence-electron chi connectivity index (χ4n) is 2.61. The predicted molar refractivity (Wildman–Crippen MR) is 55.9 cm³/mol. The van der Waals surface area contributed by atoms with Crippen LogP contribution in [0.25, 0.3) is 0 Å². The van der Waals surface area contributed by atoms with Crippen LogP contribution in [0, 0.1) is 5.92 Å².